The molecule has 0 aliphatic carbocycles. The van der Waals surface area contributed by atoms with Crippen molar-refractivity contribution in [3.8, 4) is 6.07 Å². The van der Waals surface area contributed by atoms with Crippen LogP contribution in [-0.2, 0) is 14.8 Å². The van der Waals surface area contributed by atoms with E-state index in [1.54, 1.807) is 0 Å². The van der Waals surface area contributed by atoms with Crippen molar-refractivity contribution >= 4 is 27.5 Å². The zero-order valence-electron chi connectivity index (χ0n) is 10.5. The van der Waals surface area contributed by atoms with Crippen LogP contribution in [0, 0.1) is 11.3 Å². The average molecular weight is 314 g/mol. The summed E-state index contributed by atoms with van der Waals surface area (Å²) in [5.74, 6) is -0.348. The maximum Gasteiger partial charge on any atom is 0.245 e. The van der Waals surface area contributed by atoms with Gasteiger partial charge in [-0.05, 0) is 24.6 Å². The van der Waals surface area contributed by atoms with Crippen molar-refractivity contribution in [1.29, 1.82) is 5.26 Å². The van der Waals surface area contributed by atoms with Crippen molar-refractivity contribution < 1.29 is 13.2 Å². The Morgan fingerprint density at radius 1 is 1.40 bits per heavy atom. The number of benzene rings is 1. The molecular formula is C12H12ClN3O3S. The first-order chi connectivity index (χ1) is 9.45. The van der Waals surface area contributed by atoms with Gasteiger partial charge in [-0.2, -0.15) is 9.57 Å². The number of amides is 1. The fourth-order valence-electron chi connectivity index (χ4n) is 1.89. The molecule has 1 N–H and O–H groups in total. The van der Waals surface area contributed by atoms with Gasteiger partial charge in [0.1, 0.15) is 4.90 Å². The van der Waals surface area contributed by atoms with E-state index < -0.39 is 10.0 Å². The van der Waals surface area contributed by atoms with E-state index >= 15 is 0 Å². The van der Waals surface area contributed by atoms with Gasteiger partial charge in [-0.3, -0.25) is 4.79 Å². The molecule has 0 saturated carbocycles. The second kappa shape index (κ2) is 5.79. The van der Waals surface area contributed by atoms with Crippen molar-refractivity contribution in [3.63, 3.8) is 0 Å². The predicted octanol–water partition coefficient (Wildman–Crippen LogP) is 0.722. The Morgan fingerprint density at radius 2 is 2.15 bits per heavy atom. The highest BCUT2D eigenvalue weighted by Crippen LogP contribution is 2.26. The zero-order valence-corrected chi connectivity index (χ0v) is 12.0. The smallest absolute Gasteiger partial charge is 0.245 e. The van der Waals surface area contributed by atoms with Crippen molar-refractivity contribution in [2.75, 3.05) is 19.6 Å². The standard InChI is InChI=1S/C12H12ClN3O3S/c13-10-3-2-9(7-14)6-11(10)20(18,19)16-5-1-4-15-12(17)8-16/h2-3,6H,1,4-5,8H2,(H,15,17). The van der Waals surface area contributed by atoms with E-state index in [1.165, 1.54) is 18.2 Å². The number of sulfonamides is 1. The van der Waals surface area contributed by atoms with Gasteiger partial charge in [-0.25, -0.2) is 8.42 Å². The maximum absolute atomic E-state index is 12.5. The second-order valence-electron chi connectivity index (χ2n) is 4.30. The third kappa shape index (κ3) is 2.93. The minimum atomic E-state index is -3.89. The molecule has 0 bridgehead atoms. The van der Waals surface area contributed by atoms with Crippen LogP contribution in [0.15, 0.2) is 23.1 Å². The first-order valence-corrected chi connectivity index (χ1v) is 7.73. The first kappa shape index (κ1) is 14.8. The first-order valence-electron chi connectivity index (χ1n) is 5.91. The van der Waals surface area contributed by atoms with E-state index in [2.05, 4.69) is 5.32 Å². The Kier molecular flexibility index (Phi) is 4.28. The molecule has 1 aromatic carbocycles. The fourth-order valence-corrected chi connectivity index (χ4v) is 3.83. The van der Waals surface area contributed by atoms with E-state index in [9.17, 15) is 13.2 Å². The molecule has 1 amide bonds. The maximum atomic E-state index is 12.5. The normalized spacial score (nSPS) is 17.1. The van der Waals surface area contributed by atoms with Crippen molar-refractivity contribution in [2.45, 2.75) is 11.3 Å². The molecular weight excluding hydrogens is 302 g/mol. The van der Waals surface area contributed by atoms with Gasteiger partial charge in [-0.15, -0.1) is 0 Å². The second-order valence-corrected chi connectivity index (χ2v) is 6.61. The molecule has 0 atom stereocenters. The third-order valence-electron chi connectivity index (χ3n) is 2.90. The van der Waals surface area contributed by atoms with Gasteiger partial charge in [0, 0.05) is 13.1 Å². The molecule has 1 aliphatic rings. The number of hydrogen-bond donors (Lipinski definition) is 1. The molecule has 1 aliphatic heterocycles. The van der Waals surface area contributed by atoms with Crippen LogP contribution in [0.25, 0.3) is 0 Å². The highest BCUT2D eigenvalue weighted by Gasteiger charge is 2.29. The molecule has 1 aromatic rings. The summed E-state index contributed by atoms with van der Waals surface area (Å²) in [5, 5.41) is 11.5. The summed E-state index contributed by atoms with van der Waals surface area (Å²) >= 11 is 5.92. The van der Waals surface area contributed by atoms with E-state index in [0.29, 0.717) is 13.0 Å². The molecule has 0 spiro atoms. The lowest BCUT2D eigenvalue weighted by Crippen LogP contribution is -2.37. The topological polar surface area (TPSA) is 90.3 Å². The van der Waals surface area contributed by atoms with Gasteiger partial charge in [-0.1, -0.05) is 11.6 Å². The lowest BCUT2D eigenvalue weighted by atomic mass is 10.2. The van der Waals surface area contributed by atoms with Crippen LogP contribution >= 0.6 is 11.6 Å². The minimum absolute atomic E-state index is 0.0358. The largest absolute Gasteiger partial charge is 0.355 e. The average Bonchev–Trinajstić information content (AvgIpc) is 2.64. The molecule has 20 heavy (non-hydrogen) atoms. The van der Waals surface area contributed by atoms with E-state index in [4.69, 9.17) is 16.9 Å². The van der Waals surface area contributed by atoms with Gasteiger partial charge in [0.25, 0.3) is 0 Å². The predicted molar refractivity (Wildman–Crippen MR) is 72.6 cm³/mol. The van der Waals surface area contributed by atoms with Gasteiger partial charge in [0.05, 0.1) is 23.2 Å². The number of halogens is 1. The van der Waals surface area contributed by atoms with Crippen LogP contribution in [-0.4, -0.2) is 38.3 Å². The third-order valence-corrected chi connectivity index (χ3v) is 5.23. The molecule has 1 heterocycles. The quantitative estimate of drug-likeness (QED) is 0.871. The van der Waals surface area contributed by atoms with Gasteiger partial charge >= 0.3 is 0 Å². The Labute approximate surface area is 122 Å². The lowest BCUT2D eigenvalue weighted by Gasteiger charge is -2.19. The number of carbonyl (C=O) groups is 1. The van der Waals surface area contributed by atoms with Crippen molar-refractivity contribution in [3.05, 3.63) is 28.8 Å². The van der Waals surface area contributed by atoms with Crippen molar-refractivity contribution in [1.82, 2.24) is 9.62 Å². The number of nitrogens with zero attached hydrogens (tertiary/aromatic N) is 2. The summed E-state index contributed by atoms with van der Waals surface area (Å²) in [4.78, 5) is 11.3. The van der Waals surface area contributed by atoms with Crippen LogP contribution in [0.3, 0.4) is 0 Å². The fraction of sp³-hybridized carbons (Fsp3) is 0.333. The molecule has 2 rings (SSSR count). The number of hydrogen-bond acceptors (Lipinski definition) is 4. The van der Waals surface area contributed by atoms with E-state index in [0.717, 1.165) is 4.31 Å². The molecule has 0 aromatic heterocycles. The van der Waals surface area contributed by atoms with E-state index in [1.807, 2.05) is 6.07 Å². The van der Waals surface area contributed by atoms with Gasteiger partial charge < -0.3 is 5.32 Å². The molecule has 0 unspecified atom stereocenters. The summed E-state index contributed by atoms with van der Waals surface area (Å²) < 4.78 is 26.1. The Morgan fingerprint density at radius 3 is 2.85 bits per heavy atom. The van der Waals surface area contributed by atoms with Crippen LogP contribution in [0.1, 0.15) is 12.0 Å². The SMILES string of the molecule is N#Cc1ccc(Cl)c(S(=O)(=O)N2CCCNC(=O)C2)c1. The zero-order chi connectivity index (χ0) is 14.8. The molecule has 106 valence electrons. The summed E-state index contributed by atoms with van der Waals surface area (Å²) in [6.07, 6.45) is 0.528. The molecule has 6 nitrogen and oxygen atoms in total. The van der Waals surface area contributed by atoms with Gasteiger partial charge in [0.15, 0.2) is 0 Å². The number of rotatable bonds is 2. The Hall–Kier alpha value is -1.62. The molecule has 1 fully saturated rings. The molecule has 0 radical (unpaired) electrons. The summed E-state index contributed by atoms with van der Waals surface area (Å²) in [6.45, 7) is 0.431. The highest BCUT2D eigenvalue weighted by molar-refractivity contribution is 7.89. The number of nitriles is 1. The lowest BCUT2D eigenvalue weighted by molar-refractivity contribution is -0.120. The Bertz CT molecular complexity index is 682. The monoisotopic (exact) mass is 313 g/mol. The summed E-state index contributed by atoms with van der Waals surface area (Å²) in [6, 6.07) is 5.90. The van der Waals surface area contributed by atoms with Crippen LogP contribution in [0.5, 0.6) is 0 Å². The molecule has 1 saturated heterocycles. The Balaban J connectivity index is 2.44. The minimum Gasteiger partial charge on any atom is -0.355 e. The van der Waals surface area contributed by atoms with E-state index in [-0.39, 0.29) is 34.5 Å². The summed E-state index contributed by atoms with van der Waals surface area (Å²) in [5.41, 5.74) is 0.201. The van der Waals surface area contributed by atoms with Crippen LogP contribution in [0.2, 0.25) is 5.02 Å². The van der Waals surface area contributed by atoms with Crippen LogP contribution < -0.4 is 5.32 Å². The molecule has 8 heteroatoms. The highest BCUT2D eigenvalue weighted by atomic mass is 35.5. The number of nitrogens with one attached hydrogen (secondary N) is 1. The summed E-state index contributed by atoms with van der Waals surface area (Å²) in [7, 11) is -3.89. The van der Waals surface area contributed by atoms with Crippen molar-refractivity contribution in [2.24, 2.45) is 0 Å². The number of carbonyl (C=O) groups excluding carboxylic acids is 1. The van der Waals surface area contributed by atoms with Gasteiger partial charge in [0.2, 0.25) is 15.9 Å². The van der Waals surface area contributed by atoms with Crippen LogP contribution in [0.4, 0.5) is 0 Å².